The lowest BCUT2D eigenvalue weighted by molar-refractivity contribution is 0.788. The number of rotatable bonds is 6. The average Bonchev–Trinajstić information content (AvgIpc) is 2.62. The molecular weight excluding hydrogens is 344 g/mol. The lowest BCUT2D eigenvalue weighted by atomic mass is 10.2. The normalized spacial score (nSPS) is 10.6. The highest BCUT2D eigenvalue weighted by Crippen LogP contribution is 2.24. The molecule has 5 heteroatoms. The van der Waals surface area contributed by atoms with Crippen molar-refractivity contribution in [3.05, 3.63) is 76.4 Å². The smallest absolute Gasteiger partial charge is 0.227 e. The zero-order chi connectivity index (χ0) is 18.5. The van der Waals surface area contributed by atoms with Gasteiger partial charge in [-0.25, -0.2) is 4.98 Å². The second-order valence-corrected chi connectivity index (χ2v) is 6.72. The molecule has 1 N–H and O–H groups in total. The van der Waals surface area contributed by atoms with E-state index in [2.05, 4.69) is 46.4 Å². The SMILES string of the molecule is CCN(Cc1ccccc1)c1nc(C)cc(Nc2ccc(Cl)cc2C)n1. The fourth-order valence-corrected chi connectivity index (χ4v) is 3.02. The van der Waals surface area contributed by atoms with Gasteiger partial charge in [-0.3, -0.25) is 0 Å². The molecule has 0 spiro atoms. The molecule has 0 aliphatic carbocycles. The van der Waals surface area contributed by atoms with Gasteiger partial charge in [-0.05, 0) is 50.1 Å². The Morgan fingerprint density at radius 2 is 1.77 bits per heavy atom. The summed E-state index contributed by atoms with van der Waals surface area (Å²) in [6.45, 7) is 7.74. The van der Waals surface area contributed by atoms with Crippen molar-refractivity contribution in [2.24, 2.45) is 0 Å². The van der Waals surface area contributed by atoms with E-state index < -0.39 is 0 Å². The van der Waals surface area contributed by atoms with Crippen LogP contribution in [0.4, 0.5) is 17.5 Å². The van der Waals surface area contributed by atoms with Crippen LogP contribution in [0.25, 0.3) is 0 Å². The van der Waals surface area contributed by atoms with Crippen LogP contribution in [0.5, 0.6) is 0 Å². The maximum absolute atomic E-state index is 6.05. The summed E-state index contributed by atoms with van der Waals surface area (Å²) in [7, 11) is 0. The first kappa shape index (κ1) is 18.2. The molecule has 26 heavy (non-hydrogen) atoms. The fourth-order valence-electron chi connectivity index (χ4n) is 2.79. The van der Waals surface area contributed by atoms with E-state index in [0.29, 0.717) is 0 Å². The van der Waals surface area contributed by atoms with E-state index in [4.69, 9.17) is 16.6 Å². The van der Waals surface area contributed by atoms with Crippen molar-refractivity contribution >= 4 is 29.1 Å². The van der Waals surface area contributed by atoms with Crippen LogP contribution in [0, 0.1) is 13.8 Å². The molecule has 0 radical (unpaired) electrons. The summed E-state index contributed by atoms with van der Waals surface area (Å²) in [6, 6.07) is 18.1. The quantitative estimate of drug-likeness (QED) is 0.623. The number of benzene rings is 2. The van der Waals surface area contributed by atoms with Crippen LogP contribution in [0.3, 0.4) is 0 Å². The molecule has 0 aliphatic heterocycles. The van der Waals surface area contributed by atoms with Crippen molar-refractivity contribution in [1.29, 1.82) is 0 Å². The highest BCUT2D eigenvalue weighted by Gasteiger charge is 2.11. The Bertz CT molecular complexity index is 880. The second kappa shape index (κ2) is 8.19. The van der Waals surface area contributed by atoms with Crippen molar-refractivity contribution in [2.75, 3.05) is 16.8 Å². The standard InChI is InChI=1S/C21H23ClN4/c1-4-26(14-17-8-6-5-7-9-17)21-23-16(3)13-20(25-21)24-19-11-10-18(22)12-15(19)2/h5-13H,4,14H2,1-3H3,(H,23,24,25). The minimum Gasteiger partial charge on any atom is -0.340 e. The molecule has 1 aromatic heterocycles. The molecule has 3 rings (SSSR count). The predicted molar refractivity (Wildman–Crippen MR) is 109 cm³/mol. The molecule has 0 saturated carbocycles. The van der Waals surface area contributed by atoms with Crippen LogP contribution >= 0.6 is 11.6 Å². The zero-order valence-electron chi connectivity index (χ0n) is 15.3. The summed E-state index contributed by atoms with van der Waals surface area (Å²) in [5.74, 6) is 1.51. The number of anilines is 3. The van der Waals surface area contributed by atoms with Crippen molar-refractivity contribution in [2.45, 2.75) is 27.3 Å². The van der Waals surface area contributed by atoms with Crippen LogP contribution in [0.1, 0.15) is 23.7 Å². The number of hydrogen-bond acceptors (Lipinski definition) is 4. The highest BCUT2D eigenvalue weighted by molar-refractivity contribution is 6.30. The van der Waals surface area contributed by atoms with Crippen LogP contribution < -0.4 is 10.2 Å². The predicted octanol–water partition coefficient (Wildman–Crippen LogP) is 5.52. The number of nitrogens with one attached hydrogen (secondary N) is 1. The summed E-state index contributed by atoms with van der Waals surface area (Å²) in [4.78, 5) is 11.5. The van der Waals surface area contributed by atoms with E-state index in [1.165, 1.54) is 5.56 Å². The van der Waals surface area contributed by atoms with Gasteiger partial charge in [0.2, 0.25) is 5.95 Å². The number of aryl methyl sites for hydroxylation is 2. The Labute approximate surface area is 159 Å². The van der Waals surface area contributed by atoms with E-state index in [1.807, 2.05) is 44.2 Å². The molecule has 134 valence electrons. The molecule has 0 saturated heterocycles. The lowest BCUT2D eigenvalue weighted by Gasteiger charge is -2.22. The Kier molecular flexibility index (Phi) is 5.74. The second-order valence-electron chi connectivity index (χ2n) is 6.28. The van der Waals surface area contributed by atoms with Crippen LogP contribution in [0.15, 0.2) is 54.6 Å². The van der Waals surface area contributed by atoms with Crippen LogP contribution in [-0.2, 0) is 6.54 Å². The van der Waals surface area contributed by atoms with Crippen LogP contribution in [0.2, 0.25) is 5.02 Å². The fraction of sp³-hybridized carbons (Fsp3) is 0.238. The van der Waals surface area contributed by atoms with Gasteiger partial charge in [0.05, 0.1) is 0 Å². The maximum Gasteiger partial charge on any atom is 0.227 e. The first-order valence-electron chi connectivity index (χ1n) is 8.73. The Morgan fingerprint density at radius 1 is 1.00 bits per heavy atom. The minimum atomic E-state index is 0.727. The molecule has 0 bridgehead atoms. The molecule has 3 aromatic rings. The molecule has 0 atom stereocenters. The van der Waals surface area contributed by atoms with Gasteiger partial charge in [-0.1, -0.05) is 41.9 Å². The van der Waals surface area contributed by atoms with Gasteiger partial charge in [-0.2, -0.15) is 4.98 Å². The van der Waals surface area contributed by atoms with Gasteiger partial charge in [0.25, 0.3) is 0 Å². The zero-order valence-corrected chi connectivity index (χ0v) is 16.1. The average molecular weight is 367 g/mol. The topological polar surface area (TPSA) is 41.1 Å². The van der Waals surface area contributed by atoms with E-state index >= 15 is 0 Å². The third-order valence-corrected chi connectivity index (χ3v) is 4.41. The van der Waals surface area contributed by atoms with Gasteiger partial charge < -0.3 is 10.2 Å². The van der Waals surface area contributed by atoms with E-state index in [1.54, 1.807) is 0 Å². The van der Waals surface area contributed by atoms with Crippen molar-refractivity contribution in [3.63, 3.8) is 0 Å². The third-order valence-electron chi connectivity index (χ3n) is 4.17. The van der Waals surface area contributed by atoms with Crippen LogP contribution in [-0.4, -0.2) is 16.5 Å². The van der Waals surface area contributed by atoms with Gasteiger partial charge in [0, 0.05) is 35.6 Å². The molecule has 2 aromatic carbocycles. The van der Waals surface area contributed by atoms with Crippen molar-refractivity contribution in [3.8, 4) is 0 Å². The molecular formula is C21H23ClN4. The monoisotopic (exact) mass is 366 g/mol. The van der Waals surface area contributed by atoms with Gasteiger partial charge >= 0.3 is 0 Å². The van der Waals surface area contributed by atoms with E-state index in [9.17, 15) is 0 Å². The van der Waals surface area contributed by atoms with Crippen molar-refractivity contribution < 1.29 is 0 Å². The van der Waals surface area contributed by atoms with Gasteiger partial charge in [-0.15, -0.1) is 0 Å². The summed E-state index contributed by atoms with van der Waals surface area (Å²) < 4.78 is 0. The first-order valence-corrected chi connectivity index (χ1v) is 9.10. The third kappa shape index (κ3) is 4.52. The van der Waals surface area contributed by atoms with Crippen molar-refractivity contribution in [1.82, 2.24) is 9.97 Å². The van der Waals surface area contributed by atoms with Gasteiger partial charge in [0.1, 0.15) is 5.82 Å². The summed E-state index contributed by atoms with van der Waals surface area (Å²) in [6.07, 6.45) is 0. The molecule has 1 heterocycles. The molecule has 0 amide bonds. The number of hydrogen-bond donors (Lipinski definition) is 1. The highest BCUT2D eigenvalue weighted by atomic mass is 35.5. The number of nitrogens with zero attached hydrogens (tertiary/aromatic N) is 3. The molecule has 0 aliphatic rings. The largest absolute Gasteiger partial charge is 0.340 e. The first-order chi connectivity index (χ1) is 12.5. The lowest BCUT2D eigenvalue weighted by Crippen LogP contribution is -2.24. The summed E-state index contributed by atoms with van der Waals surface area (Å²) >= 11 is 6.05. The molecule has 0 unspecified atom stereocenters. The Hall–Kier alpha value is -2.59. The minimum absolute atomic E-state index is 0.727. The summed E-state index contributed by atoms with van der Waals surface area (Å²) in [5.41, 5.74) is 4.23. The maximum atomic E-state index is 6.05. The van der Waals surface area contributed by atoms with Gasteiger partial charge in [0.15, 0.2) is 0 Å². The van der Waals surface area contributed by atoms with E-state index in [-0.39, 0.29) is 0 Å². The van der Waals surface area contributed by atoms with E-state index in [0.717, 1.165) is 46.8 Å². The number of halogens is 1. The Balaban J connectivity index is 1.86. The molecule has 4 nitrogen and oxygen atoms in total. The molecule has 0 fully saturated rings. The number of aromatic nitrogens is 2. The summed E-state index contributed by atoms with van der Waals surface area (Å²) in [5, 5.41) is 4.12. The Morgan fingerprint density at radius 3 is 2.46 bits per heavy atom.